The molecule has 6 atom stereocenters. The number of hydrogen-bond donors (Lipinski definition) is 3. The van der Waals surface area contributed by atoms with Gasteiger partial charge in [0.2, 0.25) is 0 Å². The molecule has 9 heteroatoms. The van der Waals surface area contributed by atoms with E-state index in [2.05, 4.69) is 0 Å². The van der Waals surface area contributed by atoms with Crippen LogP contribution in [-0.4, -0.2) is 71.5 Å². The Labute approximate surface area is 242 Å². The topological polar surface area (TPSA) is 132 Å². The summed E-state index contributed by atoms with van der Waals surface area (Å²) in [5.41, 5.74) is 0.524. The van der Waals surface area contributed by atoms with Crippen molar-refractivity contribution >= 4 is 17.5 Å². The number of allylic oxidation sites excluding steroid dienone is 1. The van der Waals surface area contributed by atoms with E-state index in [9.17, 15) is 24.9 Å². The molecular weight excluding hydrogens is 528 g/mol. The zero-order valence-electron chi connectivity index (χ0n) is 24.6. The highest BCUT2D eigenvalue weighted by molar-refractivity contribution is 6.17. The summed E-state index contributed by atoms with van der Waals surface area (Å²) in [7, 11) is 0. The first-order valence-electron chi connectivity index (χ1n) is 14.4. The van der Waals surface area contributed by atoms with Crippen molar-refractivity contribution in [3.63, 3.8) is 0 Å². The maximum atomic E-state index is 12.8. The lowest BCUT2D eigenvalue weighted by atomic mass is 9.77. The predicted octanol–water partition coefficient (Wildman–Crippen LogP) is 3.96. The highest BCUT2D eigenvalue weighted by Gasteiger charge is 2.37. The van der Waals surface area contributed by atoms with Crippen molar-refractivity contribution in [3.8, 4) is 5.75 Å². The minimum atomic E-state index is -1.00. The number of benzene rings is 1. The Balaban J connectivity index is 1.50. The van der Waals surface area contributed by atoms with Crippen molar-refractivity contribution < 1.29 is 43.9 Å². The second-order valence-electron chi connectivity index (χ2n) is 11.1. The van der Waals surface area contributed by atoms with Crippen LogP contribution in [0.2, 0.25) is 0 Å². The van der Waals surface area contributed by atoms with Gasteiger partial charge in [-0.3, -0.25) is 4.79 Å². The molecule has 0 saturated heterocycles. The van der Waals surface area contributed by atoms with E-state index in [0.29, 0.717) is 41.9 Å². The third kappa shape index (κ3) is 8.44. The average Bonchev–Trinajstić information content (AvgIpc) is 2.97. The van der Waals surface area contributed by atoms with Gasteiger partial charge in [-0.2, -0.15) is 0 Å². The van der Waals surface area contributed by atoms with Gasteiger partial charge in [-0.25, -0.2) is 4.79 Å². The molecule has 0 radical (unpaired) electrons. The normalized spacial score (nSPS) is 21.9. The Morgan fingerprint density at radius 2 is 1.73 bits per heavy atom. The first kappa shape index (κ1) is 32.4. The molecule has 0 bridgehead atoms. The SMILES string of the molecule is CCC(O)C(O)CCOc1ccc(C2=CC3C=CC(OCC(O)COC(=O)C(C)(CC)C(C)C)=CC3OC2=O)cc1. The van der Waals surface area contributed by atoms with Crippen LogP contribution in [0.1, 0.15) is 59.4 Å². The summed E-state index contributed by atoms with van der Waals surface area (Å²) in [4.78, 5) is 25.3. The zero-order chi connectivity index (χ0) is 30.2. The first-order chi connectivity index (χ1) is 19.5. The fraction of sp³-hybridized carbons (Fsp3) is 0.562. The monoisotopic (exact) mass is 572 g/mol. The van der Waals surface area contributed by atoms with E-state index < -0.39 is 35.8 Å². The fourth-order valence-corrected chi connectivity index (χ4v) is 4.52. The third-order valence-corrected chi connectivity index (χ3v) is 8.05. The molecule has 9 nitrogen and oxygen atoms in total. The number of esters is 2. The lowest BCUT2D eigenvalue weighted by Gasteiger charge is -2.30. The van der Waals surface area contributed by atoms with Crippen molar-refractivity contribution in [2.75, 3.05) is 19.8 Å². The smallest absolute Gasteiger partial charge is 0.339 e. The van der Waals surface area contributed by atoms with E-state index in [1.165, 1.54) is 0 Å². The lowest BCUT2D eigenvalue weighted by Crippen LogP contribution is -2.36. The molecule has 3 N–H and O–H groups in total. The number of rotatable bonds is 15. The Morgan fingerprint density at radius 3 is 2.37 bits per heavy atom. The van der Waals surface area contributed by atoms with E-state index >= 15 is 0 Å². The van der Waals surface area contributed by atoms with Gasteiger partial charge in [-0.1, -0.05) is 52.0 Å². The van der Waals surface area contributed by atoms with Gasteiger partial charge in [0, 0.05) is 12.3 Å². The number of fused-ring (bicyclic) bond motifs is 1. The van der Waals surface area contributed by atoms with Gasteiger partial charge in [-0.05, 0) is 55.5 Å². The number of carbonyl (C=O) groups is 2. The molecule has 1 aliphatic heterocycles. The highest BCUT2D eigenvalue weighted by Crippen LogP contribution is 2.33. The Morgan fingerprint density at radius 1 is 1.02 bits per heavy atom. The largest absolute Gasteiger partial charge is 0.493 e. The summed E-state index contributed by atoms with van der Waals surface area (Å²) in [6, 6.07) is 7.04. The van der Waals surface area contributed by atoms with Crippen LogP contribution in [0, 0.1) is 17.3 Å². The van der Waals surface area contributed by atoms with Crippen molar-refractivity contribution in [2.45, 2.75) is 78.3 Å². The van der Waals surface area contributed by atoms with Gasteiger partial charge in [-0.15, -0.1) is 0 Å². The molecule has 0 spiro atoms. The van der Waals surface area contributed by atoms with Crippen LogP contribution in [0.4, 0.5) is 0 Å². The van der Waals surface area contributed by atoms with E-state index in [-0.39, 0.29) is 37.6 Å². The third-order valence-electron chi connectivity index (χ3n) is 8.05. The number of aliphatic hydroxyl groups excluding tert-OH is 3. The van der Waals surface area contributed by atoms with Crippen LogP contribution in [0.3, 0.4) is 0 Å². The molecule has 1 aliphatic carbocycles. The molecule has 2 aliphatic rings. The molecular formula is C32H44O9. The van der Waals surface area contributed by atoms with Crippen LogP contribution >= 0.6 is 0 Å². The van der Waals surface area contributed by atoms with Crippen LogP contribution in [0.15, 0.2) is 54.3 Å². The van der Waals surface area contributed by atoms with Crippen LogP contribution in [0.5, 0.6) is 5.75 Å². The van der Waals surface area contributed by atoms with Crippen LogP contribution < -0.4 is 4.74 Å². The summed E-state index contributed by atoms with van der Waals surface area (Å²) in [5, 5.41) is 29.8. The van der Waals surface area contributed by atoms with Gasteiger partial charge in [0.1, 0.15) is 36.9 Å². The standard InChI is InChI=1S/C32H44O9/c1-6-27(34)28(35)14-15-38-24-11-8-21(9-12-24)26-16-22-10-13-25(17-29(22)41-30(26)36)39-18-23(33)19-40-31(37)32(5,7-2)20(3)4/h8-13,16-17,20,22-23,27-29,33-35H,6-7,14-15,18-19H2,1-5H3. The molecule has 3 rings (SSSR count). The van der Waals surface area contributed by atoms with Gasteiger partial charge in [0.15, 0.2) is 0 Å². The van der Waals surface area contributed by atoms with E-state index in [4.69, 9.17) is 18.9 Å². The molecule has 1 heterocycles. The minimum Gasteiger partial charge on any atom is -0.493 e. The van der Waals surface area contributed by atoms with Crippen LogP contribution in [-0.2, 0) is 23.8 Å². The number of aliphatic hydroxyl groups is 3. The summed E-state index contributed by atoms with van der Waals surface area (Å²) in [6.45, 7) is 9.56. The highest BCUT2D eigenvalue weighted by atomic mass is 16.6. The Hall–Kier alpha value is -3.14. The summed E-state index contributed by atoms with van der Waals surface area (Å²) < 4.78 is 22.4. The first-order valence-corrected chi connectivity index (χ1v) is 14.4. The lowest BCUT2D eigenvalue weighted by molar-refractivity contribution is -0.161. The van der Waals surface area contributed by atoms with Crippen molar-refractivity contribution in [3.05, 3.63) is 59.9 Å². The second-order valence-corrected chi connectivity index (χ2v) is 11.1. The summed E-state index contributed by atoms with van der Waals surface area (Å²) >= 11 is 0. The summed E-state index contributed by atoms with van der Waals surface area (Å²) in [6.07, 6.45) is 5.48. The molecule has 226 valence electrons. The molecule has 0 saturated carbocycles. The summed E-state index contributed by atoms with van der Waals surface area (Å²) in [5.74, 6) is 0.186. The fourth-order valence-electron chi connectivity index (χ4n) is 4.52. The molecule has 0 amide bonds. The number of hydrogen-bond acceptors (Lipinski definition) is 9. The van der Waals surface area contributed by atoms with Gasteiger partial charge in [0.05, 0.1) is 29.8 Å². The molecule has 0 fully saturated rings. The molecule has 1 aromatic rings. The minimum absolute atomic E-state index is 0.0764. The van der Waals surface area contributed by atoms with E-state index in [0.717, 1.165) is 0 Å². The van der Waals surface area contributed by atoms with Gasteiger partial charge in [0.25, 0.3) is 0 Å². The maximum absolute atomic E-state index is 12.8. The maximum Gasteiger partial charge on any atom is 0.339 e. The zero-order valence-corrected chi connectivity index (χ0v) is 24.6. The average molecular weight is 573 g/mol. The predicted molar refractivity (Wildman–Crippen MR) is 154 cm³/mol. The van der Waals surface area contributed by atoms with Crippen molar-refractivity contribution in [2.24, 2.45) is 17.3 Å². The van der Waals surface area contributed by atoms with Gasteiger partial charge < -0.3 is 34.3 Å². The molecule has 41 heavy (non-hydrogen) atoms. The second kappa shape index (κ2) is 14.7. The van der Waals surface area contributed by atoms with Crippen molar-refractivity contribution in [1.82, 2.24) is 0 Å². The molecule has 0 aromatic heterocycles. The Bertz CT molecular complexity index is 1120. The van der Waals surface area contributed by atoms with Gasteiger partial charge >= 0.3 is 11.9 Å². The van der Waals surface area contributed by atoms with Crippen molar-refractivity contribution in [1.29, 1.82) is 0 Å². The van der Waals surface area contributed by atoms with E-state index in [1.807, 2.05) is 39.8 Å². The van der Waals surface area contributed by atoms with Crippen LogP contribution in [0.25, 0.3) is 5.57 Å². The molecule has 6 unspecified atom stereocenters. The number of ether oxygens (including phenoxy) is 4. The quantitative estimate of drug-likeness (QED) is 0.267. The molecule has 1 aromatic carbocycles. The Kier molecular flexibility index (Phi) is 11.6. The number of carbonyl (C=O) groups excluding carboxylic acids is 2. The van der Waals surface area contributed by atoms with E-state index in [1.54, 1.807) is 43.3 Å².